The molecule has 2 unspecified atom stereocenters. The van der Waals surface area contributed by atoms with Gasteiger partial charge in [0.05, 0.1) is 18.8 Å². The molecule has 0 saturated carbocycles. The lowest BCUT2D eigenvalue weighted by molar-refractivity contribution is -0.0500. The van der Waals surface area contributed by atoms with Gasteiger partial charge in [0.15, 0.2) is 0 Å². The third-order valence-electron chi connectivity index (χ3n) is 4.71. The number of aliphatic hydroxyl groups excluding tert-OH is 1. The number of benzene rings is 1. The monoisotopic (exact) mass is 299 g/mol. The summed E-state index contributed by atoms with van der Waals surface area (Å²) in [5.41, 5.74) is 2.19. The second kappa shape index (κ2) is 7.28. The van der Waals surface area contributed by atoms with Crippen LogP contribution in [-0.4, -0.2) is 41.8 Å². The second-order valence-electron chi connectivity index (χ2n) is 6.33. The van der Waals surface area contributed by atoms with Gasteiger partial charge in [0.25, 0.3) is 0 Å². The van der Waals surface area contributed by atoms with E-state index in [1.54, 1.807) is 0 Å². The summed E-state index contributed by atoms with van der Waals surface area (Å²) in [6, 6.07) is 8.24. The lowest BCUT2D eigenvalue weighted by Crippen LogP contribution is -2.57. The third-order valence-corrected chi connectivity index (χ3v) is 4.71. The predicted octanol–water partition coefficient (Wildman–Crippen LogP) is 2.42. The first-order valence-electron chi connectivity index (χ1n) is 8.38. The Labute approximate surface area is 133 Å². The first-order valence-corrected chi connectivity index (χ1v) is 8.38. The van der Waals surface area contributed by atoms with E-state index in [4.69, 9.17) is 4.74 Å². The van der Waals surface area contributed by atoms with Crippen molar-refractivity contribution in [3.05, 3.63) is 35.4 Å². The Morgan fingerprint density at radius 3 is 2.59 bits per heavy atom. The van der Waals surface area contributed by atoms with Crippen LogP contribution < -0.4 is 0 Å². The van der Waals surface area contributed by atoms with Crippen LogP contribution in [0.4, 0.5) is 0 Å². The zero-order valence-corrected chi connectivity index (χ0v) is 13.3. The second-order valence-corrected chi connectivity index (χ2v) is 6.33. The standard InChI is InChI=1S/C19H25NO2/c1-2-13-22-14-16-5-3-15(4-6-16)7-8-18-19(21)17-9-11-20(18)12-10-17/h3-6,17-19,21H,2,9-14H2,1H3. The van der Waals surface area contributed by atoms with Crippen molar-refractivity contribution in [1.29, 1.82) is 0 Å². The molecule has 1 aromatic rings. The van der Waals surface area contributed by atoms with Gasteiger partial charge in [-0.25, -0.2) is 0 Å². The van der Waals surface area contributed by atoms with Crippen LogP contribution in [-0.2, 0) is 11.3 Å². The molecular formula is C19H25NO2. The Hall–Kier alpha value is -1.34. The highest BCUT2D eigenvalue weighted by Gasteiger charge is 2.40. The molecule has 22 heavy (non-hydrogen) atoms. The quantitative estimate of drug-likeness (QED) is 0.684. The maximum absolute atomic E-state index is 10.3. The van der Waals surface area contributed by atoms with Gasteiger partial charge in [-0.1, -0.05) is 30.9 Å². The van der Waals surface area contributed by atoms with Gasteiger partial charge < -0.3 is 9.84 Å². The van der Waals surface area contributed by atoms with E-state index >= 15 is 0 Å². The fourth-order valence-electron chi connectivity index (χ4n) is 3.37. The molecule has 3 heterocycles. The smallest absolute Gasteiger partial charge is 0.0983 e. The number of hydrogen-bond donors (Lipinski definition) is 1. The Morgan fingerprint density at radius 1 is 1.23 bits per heavy atom. The van der Waals surface area contributed by atoms with Crippen LogP contribution >= 0.6 is 0 Å². The van der Waals surface area contributed by atoms with Gasteiger partial charge in [-0.3, -0.25) is 4.90 Å². The van der Waals surface area contributed by atoms with Crippen LogP contribution in [0.25, 0.3) is 0 Å². The minimum Gasteiger partial charge on any atom is -0.390 e. The number of hydrogen-bond acceptors (Lipinski definition) is 3. The summed E-state index contributed by atoms with van der Waals surface area (Å²) in [6.45, 7) is 5.74. The highest BCUT2D eigenvalue weighted by atomic mass is 16.5. The Kier molecular flexibility index (Phi) is 5.15. The zero-order chi connectivity index (χ0) is 15.4. The van der Waals surface area contributed by atoms with Crippen molar-refractivity contribution in [3.8, 4) is 11.8 Å². The molecule has 3 fully saturated rings. The van der Waals surface area contributed by atoms with Crippen molar-refractivity contribution in [2.75, 3.05) is 19.7 Å². The number of nitrogens with zero attached hydrogens (tertiary/aromatic N) is 1. The number of aliphatic hydroxyl groups is 1. The van der Waals surface area contributed by atoms with Crippen molar-refractivity contribution in [3.63, 3.8) is 0 Å². The van der Waals surface area contributed by atoms with Gasteiger partial charge in [0, 0.05) is 12.2 Å². The molecule has 3 aliphatic heterocycles. The maximum Gasteiger partial charge on any atom is 0.0983 e. The van der Waals surface area contributed by atoms with E-state index in [1.807, 2.05) is 12.1 Å². The summed E-state index contributed by atoms with van der Waals surface area (Å²) in [7, 11) is 0. The fourth-order valence-corrected chi connectivity index (χ4v) is 3.37. The van der Waals surface area contributed by atoms with Crippen LogP contribution in [0.1, 0.15) is 37.3 Å². The first-order chi connectivity index (χ1) is 10.8. The van der Waals surface area contributed by atoms with Crippen LogP contribution in [0.3, 0.4) is 0 Å². The van der Waals surface area contributed by atoms with Crippen molar-refractivity contribution in [2.45, 2.75) is 44.9 Å². The van der Waals surface area contributed by atoms with E-state index < -0.39 is 0 Å². The Balaban J connectivity index is 1.61. The first kappa shape index (κ1) is 15.6. The van der Waals surface area contributed by atoms with E-state index in [0.717, 1.165) is 44.5 Å². The predicted molar refractivity (Wildman–Crippen MR) is 87.4 cm³/mol. The zero-order valence-electron chi connectivity index (χ0n) is 13.3. The molecule has 118 valence electrons. The van der Waals surface area contributed by atoms with Crippen molar-refractivity contribution >= 4 is 0 Å². The van der Waals surface area contributed by atoms with E-state index in [9.17, 15) is 5.11 Å². The highest BCUT2D eigenvalue weighted by Crippen LogP contribution is 2.31. The summed E-state index contributed by atoms with van der Waals surface area (Å²) in [6.07, 6.45) is 3.00. The summed E-state index contributed by atoms with van der Waals surface area (Å²) in [5.74, 6) is 6.96. The number of piperidine rings is 3. The lowest BCUT2D eigenvalue weighted by atomic mass is 9.81. The summed E-state index contributed by atoms with van der Waals surface area (Å²) < 4.78 is 5.54. The molecule has 0 radical (unpaired) electrons. The van der Waals surface area contributed by atoms with Crippen molar-refractivity contribution in [1.82, 2.24) is 4.90 Å². The van der Waals surface area contributed by atoms with Gasteiger partial charge in [0.2, 0.25) is 0 Å². The molecule has 4 rings (SSSR count). The molecule has 3 nitrogen and oxygen atoms in total. The molecule has 0 spiro atoms. The molecule has 3 heteroatoms. The number of ether oxygens (including phenoxy) is 1. The largest absolute Gasteiger partial charge is 0.390 e. The Bertz CT molecular complexity index is 533. The number of fused-ring (bicyclic) bond motifs is 3. The molecule has 3 aliphatic rings. The van der Waals surface area contributed by atoms with E-state index in [2.05, 4.69) is 35.8 Å². The minimum atomic E-state index is -0.281. The van der Waals surface area contributed by atoms with Crippen LogP contribution in [0, 0.1) is 17.8 Å². The van der Waals surface area contributed by atoms with Crippen molar-refractivity contribution in [2.24, 2.45) is 5.92 Å². The average molecular weight is 299 g/mol. The van der Waals surface area contributed by atoms with Crippen molar-refractivity contribution < 1.29 is 9.84 Å². The summed E-state index contributed by atoms with van der Waals surface area (Å²) >= 11 is 0. The Morgan fingerprint density at radius 2 is 1.95 bits per heavy atom. The minimum absolute atomic E-state index is 0.0139. The number of rotatable bonds is 4. The maximum atomic E-state index is 10.3. The van der Waals surface area contributed by atoms with Gasteiger partial charge in [-0.05, 0) is 56.0 Å². The van der Waals surface area contributed by atoms with Crippen LogP contribution in [0.5, 0.6) is 0 Å². The molecule has 1 aromatic carbocycles. The highest BCUT2D eigenvalue weighted by molar-refractivity contribution is 5.37. The lowest BCUT2D eigenvalue weighted by Gasteiger charge is -2.46. The molecule has 0 amide bonds. The van der Waals surface area contributed by atoms with E-state index in [0.29, 0.717) is 12.5 Å². The van der Waals surface area contributed by atoms with Crippen LogP contribution in [0.2, 0.25) is 0 Å². The third kappa shape index (κ3) is 3.52. The molecule has 2 bridgehead atoms. The SMILES string of the molecule is CCCOCc1ccc(C#CC2C(O)C3CCN2CC3)cc1. The molecule has 0 aromatic heterocycles. The molecule has 3 saturated heterocycles. The molecule has 0 aliphatic carbocycles. The van der Waals surface area contributed by atoms with E-state index in [1.165, 1.54) is 5.56 Å². The summed E-state index contributed by atoms with van der Waals surface area (Å²) in [5, 5.41) is 10.3. The molecular weight excluding hydrogens is 274 g/mol. The topological polar surface area (TPSA) is 32.7 Å². The average Bonchev–Trinajstić information content (AvgIpc) is 2.56. The van der Waals surface area contributed by atoms with Gasteiger partial charge in [-0.15, -0.1) is 0 Å². The van der Waals surface area contributed by atoms with Gasteiger partial charge in [-0.2, -0.15) is 0 Å². The summed E-state index contributed by atoms with van der Waals surface area (Å²) in [4.78, 5) is 2.32. The van der Waals surface area contributed by atoms with Gasteiger partial charge in [0.1, 0.15) is 0 Å². The molecule has 1 N–H and O–H groups in total. The normalized spacial score (nSPS) is 29.9. The molecule has 2 atom stereocenters. The van der Waals surface area contributed by atoms with Crippen LogP contribution in [0.15, 0.2) is 24.3 Å². The van der Waals surface area contributed by atoms with Gasteiger partial charge >= 0.3 is 0 Å². The van der Waals surface area contributed by atoms with E-state index in [-0.39, 0.29) is 12.1 Å². The fraction of sp³-hybridized carbons (Fsp3) is 0.579.